The van der Waals surface area contributed by atoms with Crippen molar-refractivity contribution >= 4 is 32.8 Å². The third-order valence-electron chi connectivity index (χ3n) is 1.88. The third-order valence-corrected chi connectivity index (χ3v) is 5.33. The van der Waals surface area contributed by atoms with Gasteiger partial charge in [-0.2, -0.15) is 0 Å². The molecule has 14 heavy (non-hydrogen) atoms. The van der Waals surface area contributed by atoms with Gasteiger partial charge in [-0.15, -0.1) is 11.3 Å². The van der Waals surface area contributed by atoms with E-state index in [0.717, 1.165) is 11.3 Å². The van der Waals surface area contributed by atoms with Crippen molar-refractivity contribution < 1.29 is 18.3 Å². The van der Waals surface area contributed by atoms with Crippen LogP contribution in [0.25, 0.3) is 0 Å². The summed E-state index contributed by atoms with van der Waals surface area (Å²) in [6.07, 6.45) is 0. The number of rotatable bonds is 1. The molecule has 0 atom stereocenters. The van der Waals surface area contributed by atoms with Crippen LogP contribution in [0.5, 0.6) is 0 Å². The molecule has 0 aromatic carbocycles. The Kier molecular flexibility index (Phi) is 2.00. The molecule has 0 radical (unpaired) electrons. The average molecular weight is 233 g/mol. The number of thiophene rings is 1. The molecule has 5 nitrogen and oxygen atoms in total. The van der Waals surface area contributed by atoms with Crippen LogP contribution in [0.3, 0.4) is 0 Å². The summed E-state index contributed by atoms with van der Waals surface area (Å²) in [7, 11) is -3.26. The van der Waals surface area contributed by atoms with Gasteiger partial charge in [-0.1, -0.05) is 0 Å². The molecule has 0 amide bonds. The fourth-order valence-corrected chi connectivity index (χ4v) is 4.00. The number of aromatic carboxylic acids is 1. The maximum Gasteiger partial charge on any atom is 0.345 e. The van der Waals surface area contributed by atoms with Crippen LogP contribution in [0.15, 0.2) is 10.3 Å². The minimum absolute atomic E-state index is 0.0274. The van der Waals surface area contributed by atoms with Gasteiger partial charge in [-0.3, -0.25) is 0 Å². The van der Waals surface area contributed by atoms with Crippen molar-refractivity contribution in [1.82, 2.24) is 0 Å². The molecule has 1 aliphatic heterocycles. The number of fused-ring (bicyclic) bond motifs is 1. The first kappa shape index (κ1) is 9.47. The van der Waals surface area contributed by atoms with Gasteiger partial charge >= 0.3 is 5.97 Å². The lowest BCUT2D eigenvalue weighted by Gasteiger charge is -2.12. The average Bonchev–Trinajstić information content (AvgIpc) is 2.48. The van der Waals surface area contributed by atoms with Gasteiger partial charge < -0.3 is 10.4 Å². The first-order valence-electron chi connectivity index (χ1n) is 3.84. The zero-order valence-electron chi connectivity index (χ0n) is 6.98. The van der Waals surface area contributed by atoms with E-state index in [1.54, 1.807) is 0 Å². The maximum absolute atomic E-state index is 11.5. The monoisotopic (exact) mass is 233 g/mol. The highest BCUT2D eigenvalue weighted by atomic mass is 32.2. The fourth-order valence-electron chi connectivity index (χ4n) is 1.25. The van der Waals surface area contributed by atoms with E-state index in [9.17, 15) is 13.2 Å². The van der Waals surface area contributed by atoms with Crippen LogP contribution in [0.2, 0.25) is 0 Å². The van der Waals surface area contributed by atoms with Crippen LogP contribution in [0.1, 0.15) is 9.67 Å². The van der Waals surface area contributed by atoms with Crippen molar-refractivity contribution in [2.45, 2.75) is 4.21 Å². The minimum Gasteiger partial charge on any atom is -0.477 e. The van der Waals surface area contributed by atoms with E-state index in [1.165, 1.54) is 6.07 Å². The number of hydrogen-bond donors (Lipinski definition) is 2. The topological polar surface area (TPSA) is 83.5 Å². The second-order valence-corrected chi connectivity index (χ2v) is 6.22. The van der Waals surface area contributed by atoms with Gasteiger partial charge in [-0.05, 0) is 6.07 Å². The molecule has 0 bridgehead atoms. The molecule has 2 rings (SSSR count). The minimum atomic E-state index is -3.26. The van der Waals surface area contributed by atoms with Crippen LogP contribution in [-0.4, -0.2) is 31.8 Å². The normalized spacial score (nSPS) is 18.3. The smallest absolute Gasteiger partial charge is 0.345 e. The SMILES string of the molecule is O=C(O)c1cc2c(s1)S(=O)(=O)CCN2. The largest absolute Gasteiger partial charge is 0.477 e. The zero-order valence-corrected chi connectivity index (χ0v) is 8.61. The van der Waals surface area contributed by atoms with Crippen molar-refractivity contribution in [1.29, 1.82) is 0 Å². The quantitative estimate of drug-likeness (QED) is 0.744. The molecule has 1 aromatic heterocycles. The van der Waals surface area contributed by atoms with Crippen molar-refractivity contribution in [3.63, 3.8) is 0 Å². The van der Waals surface area contributed by atoms with E-state index in [4.69, 9.17) is 5.11 Å². The summed E-state index contributed by atoms with van der Waals surface area (Å²) in [6, 6.07) is 1.36. The molecule has 1 aromatic rings. The predicted octanol–water partition coefficient (Wildman–Crippen LogP) is 0.646. The number of anilines is 1. The first-order chi connectivity index (χ1) is 6.50. The molecular formula is C7H7NO4S2. The molecule has 7 heteroatoms. The van der Waals surface area contributed by atoms with Crippen LogP contribution < -0.4 is 5.32 Å². The van der Waals surface area contributed by atoms with Gasteiger partial charge in [0.1, 0.15) is 9.09 Å². The highest BCUT2D eigenvalue weighted by molar-refractivity contribution is 7.93. The van der Waals surface area contributed by atoms with E-state index in [1.807, 2.05) is 0 Å². The first-order valence-corrected chi connectivity index (χ1v) is 6.31. The van der Waals surface area contributed by atoms with Crippen LogP contribution in [-0.2, 0) is 9.84 Å². The molecule has 0 saturated carbocycles. The summed E-state index contributed by atoms with van der Waals surface area (Å²) in [4.78, 5) is 10.7. The summed E-state index contributed by atoms with van der Waals surface area (Å²) < 4.78 is 23.1. The third kappa shape index (κ3) is 1.38. The molecule has 0 unspecified atom stereocenters. The van der Waals surface area contributed by atoms with Crippen molar-refractivity contribution in [2.24, 2.45) is 0 Å². The lowest BCUT2D eigenvalue weighted by atomic mass is 10.4. The standard InChI is InChI=1S/C7H7NO4S2/c9-6(10)5-3-4-7(13-5)14(11,12)2-1-8-4/h3,8H,1-2H2,(H,9,10). The Balaban J connectivity index is 2.60. The summed E-state index contributed by atoms with van der Waals surface area (Å²) in [5.74, 6) is -1.07. The highest BCUT2D eigenvalue weighted by Crippen LogP contribution is 2.34. The Bertz CT molecular complexity index is 488. The predicted molar refractivity (Wildman–Crippen MR) is 51.8 cm³/mol. The van der Waals surface area contributed by atoms with Crippen molar-refractivity contribution in [3.8, 4) is 0 Å². The van der Waals surface area contributed by atoms with E-state index < -0.39 is 15.8 Å². The van der Waals surface area contributed by atoms with Gasteiger partial charge in [0.15, 0.2) is 9.84 Å². The zero-order chi connectivity index (χ0) is 10.3. The van der Waals surface area contributed by atoms with E-state index in [0.29, 0.717) is 12.2 Å². The number of carbonyl (C=O) groups is 1. The van der Waals surface area contributed by atoms with Gasteiger partial charge in [0.05, 0.1) is 11.4 Å². The molecule has 0 saturated heterocycles. The Morgan fingerprint density at radius 2 is 2.29 bits per heavy atom. The Hall–Kier alpha value is -1.08. The maximum atomic E-state index is 11.5. The second kappa shape index (κ2) is 2.96. The molecule has 2 heterocycles. The second-order valence-electron chi connectivity index (χ2n) is 2.86. The van der Waals surface area contributed by atoms with Crippen LogP contribution in [0.4, 0.5) is 5.69 Å². The lowest BCUT2D eigenvalue weighted by Crippen LogP contribution is -2.21. The highest BCUT2D eigenvalue weighted by Gasteiger charge is 2.27. The Labute approximate surface area is 84.3 Å². The van der Waals surface area contributed by atoms with Gasteiger partial charge in [0.25, 0.3) is 0 Å². The lowest BCUT2D eigenvalue weighted by molar-refractivity contribution is 0.0702. The van der Waals surface area contributed by atoms with E-state index in [-0.39, 0.29) is 14.8 Å². The van der Waals surface area contributed by atoms with Gasteiger partial charge in [-0.25, -0.2) is 13.2 Å². The Morgan fingerprint density at radius 1 is 1.57 bits per heavy atom. The molecule has 76 valence electrons. The summed E-state index contributed by atoms with van der Waals surface area (Å²) in [5, 5.41) is 11.6. The number of carboxylic acid groups (broad SMARTS) is 1. The molecule has 2 N–H and O–H groups in total. The van der Waals surface area contributed by atoms with Crippen molar-refractivity contribution in [2.75, 3.05) is 17.6 Å². The molecule has 1 aliphatic rings. The molecule has 0 fully saturated rings. The molecule has 0 spiro atoms. The summed E-state index contributed by atoms with van der Waals surface area (Å²) >= 11 is 0.800. The number of nitrogens with one attached hydrogen (secondary N) is 1. The fraction of sp³-hybridized carbons (Fsp3) is 0.286. The molecular weight excluding hydrogens is 226 g/mol. The van der Waals surface area contributed by atoms with Crippen LogP contribution >= 0.6 is 11.3 Å². The summed E-state index contributed by atoms with van der Waals surface area (Å²) in [5.41, 5.74) is 0.415. The van der Waals surface area contributed by atoms with E-state index >= 15 is 0 Å². The van der Waals surface area contributed by atoms with Crippen LogP contribution in [0, 0.1) is 0 Å². The number of sulfone groups is 1. The van der Waals surface area contributed by atoms with E-state index in [2.05, 4.69) is 5.32 Å². The number of hydrogen-bond acceptors (Lipinski definition) is 5. The summed E-state index contributed by atoms with van der Waals surface area (Å²) in [6.45, 7) is 0.338. The van der Waals surface area contributed by atoms with Gasteiger partial charge in [0, 0.05) is 6.54 Å². The van der Waals surface area contributed by atoms with Crippen molar-refractivity contribution in [3.05, 3.63) is 10.9 Å². The van der Waals surface area contributed by atoms with Gasteiger partial charge in [0.2, 0.25) is 0 Å². The number of carboxylic acids is 1. The Morgan fingerprint density at radius 3 is 2.86 bits per heavy atom. The molecule has 0 aliphatic carbocycles.